The first-order valence-corrected chi connectivity index (χ1v) is 8.07. The number of hydrogen-bond donors (Lipinski definition) is 3. The first-order valence-electron chi connectivity index (χ1n) is 6.84. The third-order valence-electron chi connectivity index (χ3n) is 3.71. The number of hydrogen-bond acceptors (Lipinski definition) is 4. The highest BCUT2D eigenvalue weighted by molar-refractivity contribution is 8.00. The van der Waals surface area contributed by atoms with Crippen molar-refractivity contribution in [3.8, 4) is 0 Å². The van der Waals surface area contributed by atoms with E-state index in [0.29, 0.717) is 6.54 Å². The third kappa shape index (κ3) is 5.20. The summed E-state index contributed by atoms with van der Waals surface area (Å²) in [5.74, 6) is -1.10. The maximum Gasteiger partial charge on any atom is 0.328 e. The molecule has 0 spiro atoms. The molecule has 1 atom stereocenters. The number of ether oxygens (including phenoxy) is 1. The van der Waals surface area contributed by atoms with Gasteiger partial charge in [0.2, 0.25) is 0 Å². The molecule has 1 aliphatic rings. The number of aliphatic carboxylic acids is 1. The molecule has 0 saturated heterocycles. The average molecular weight is 304 g/mol. The number of thioether (sulfide) groups is 1. The van der Waals surface area contributed by atoms with Gasteiger partial charge >= 0.3 is 12.0 Å². The molecular weight excluding hydrogens is 280 g/mol. The standard InChI is InChI=1S/C13H24N2O4S/c1-19-8-10(11(16)17)15-12(18)14-9-13(20-2)6-4-3-5-7-13/h10H,3-9H2,1-2H3,(H,16,17)(H2,14,15,18). The highest BCUT2D eigenvalue weighted by atomic mass is 32.2. The minimum absolute atomic E-state index is 0.0452. The molecule has 0 radical (unpaired) electrons. The molecule has 1 unspecified atom stereocenters. The average Bonchev–Trinajstić information content (AvgIpc) is 2.45. The lowest BCUT2D eigenvalue weighted by Gasteiger charge is -2.35. The summed E-state index contributed by atoms with van der Waals surface area (Å²) in [6, 6.07) is -1.47. The zero-order valence-corrected chi connectivity index (χ0v) is 12.9. The van der Waals surface area contributed by atoms with Gasteiger partial charge in [0.15, 0.2) is 6.04 Å². The van der Waals surface area contributed by atoms with Crippen LogP contribution < -0.4 is 10.6 Å². The van der Waals surface area contributed by atoms with Gasteiger partial charge in [0.25, 0.3) is 0 Å². The smallest absolute Gasteiger partial charge is 0.328 e. The van der Waals surface area contributed by atoms with E-state index >= 15 is 0 Å². The van der Waals surface area contributed by atoms with Gasteiger partial charge in [-0.2, -0.15) is 11.8 Å². The zero-order chi connectivity index (χ0) is 15.0. The van der Waals surface area contributed by atoms with Crippen molar-refractivity contribution >= 4 is 23.8 Å². The van der Waals surface area contributed by atoms with Crippen LogP contribution in [-0.4, -0.2) is 54.4 Å². The first-order chi connectivity index (χ1) is 9.53. The molecule has 0 aromatic rings. The topological polar surface area (TPSA) is 87.7 Å². The minimum Gasteiger partial charge on any atom is -0.480 e. The molecule has 0 aromatic carbocycles. The number of carboxylic acids is 1. The SMILES string of the molecule is COCC(NC(=O)NCC1(SC)CCCCC1)C(=O)O. The summed E-state index contributed by atoms with van der Waals surface area (Å²) in [6.45, 7) is 0.524. The fourth-order valence-electron chi connectivity index (χ4n) is 2.44. The lowest BCUT2D eigenvalue weighted by molar-refractivity contribution is -0.140. The molecule has 6 nitrogen and oxygen atoms in total. The Morgan fingerprint density at radius 2 is 2.00 bits per heavy atom. The maximum atomic E-state index is 11.8. The second-order valence-electron chi connectivity index (χ2n) is 5.12. The Morgan fingerprint density at radius 3 is 2.50 bits per heavy atom. The van der Waals surface area contributed by atoms with E-state index in [0.717, 1.165) is 12.8 Å². The van der Waals surface area contributed by atoms with E-state index in [1.54, 1.807) is 11.8 Å². The van der Waals surface area contributed by atoms with E-state index in [-0.39, 0.29) is 11.4 Å². The van der Waals surface area contributed by atoms with Crippen molar-refractivity contribution in [1.82, 2.24) is 10.6 Å². The lowest BCUT2D eigenvalue weighted by Crippen LogP contribution is -2.51. The van der Waals surface area contributed by atoms with Crippen molar-refractivity contribution in [3.63, 3.8) is 0 Å². The normalized spacial score (nSPS) is 19.1. The van der Waals surface area contributed by atoms with Gasteiger partial charge in [0, 0.05) is 18.4 Å². The molecule has 0 aliphatic heterocycles. The van der Waals surface area contributed by atoms with Gasteiger partial charge in [-0.3, -0.25) is 0 Å². The predicted molar refractivity (Wildman–Crippen MR) is 79.2 cm³/mol. The third-order valence-corrected chi connectivity index (χ3v) is 5.12. The minimum atomic E-state index is -1.10. The van der Waals surface area contributed by atoms with Crippen LogP contribution >= 0.6 is 11.8 Å². The van der Waals surface area contributed by atoms with Crippen molar-refractivity contribution in [1.29, 1.82) is 0 Å². The fourth-order valence-corrected chi connectivity index (χ4v) is 3.35. The van der Waals surface area contributed by atoms with Crippen molar-refractivity contribution < 1.29 is 19.4 Å². The van der Waals surface area contributed by atoms with E-state index in [9.17, 15) is 9.59 Å². The van der Waals surface area contributed by atoms with Crippen LogP contribution in [0.5, 0.6) is 0 Å². The van der Waals surface area contributed by atoms with Crippen molar-refractivity contribution in [2.75, 3.05) is 26.5 Å². The molecule has 1 fully saturated rings. The summed E-state index contributed by atoms with van der Waals surface area (Å²) in [5.41, 5.74) is 0. The summed E-state index contributed by atoms with van der Waals surface area (Å²) in [7, 11) is 1.40. The van der Waals surface area contributed by atoms with E-state index in [1.165, 1.54) is 26.4 Å². The Labute approximate surface area is 124 Å². The number of rotatable bonds is 7. The van der Waals surface area contributed by atoms with Crippen LogP contribution in [0.15, 0.2) is 0 Å². The van der Waals surface area contributed by atoms with Crippen LogP contribution in [0.4, 0.5) is 4.79 Å². The Hall–Kier alpha value is -0.950. The zero-order valence-electron chi connectivity index (χ0n) is 12.1. The van der Waals surface area contributed by atoms with Crippen molar-refractivity contribution in [3.05, 3.63) is 0 Å². The van der Waals surface area contributed by atoms with Gasteiger partial charge in [0.1, 0.15) is 0 Å². The quantitative estimate of drug-likeness (QED) is 0.662. The van der Waals surface area contributed by atoms with Gasteiger partial charge in [-0.05, 0) is 19.1 Å². The van der Waals surface area contributed by atoms with Crippen molar-refractivity contribution in [2.45, 2.75) is 42.9 Å². The van der Waals surface area contributed by atoms with Gasteiger partial charge < -0.3 is 20.5 Å². The molecular formula is C13H24N2O4S. The largest absolute Gasteiger partial charge is 0.480 e. The van der Waals surface area contributed by atoms with E-state index in [1.807, 2.05) is 0 Å². The number of methoxy groups -OCH3 is 1. The molecule has 7 heteroatoms. The predicted octanol–water partition coefficient (Wildman–Crippen LogP) is 1.45. The van der Waals surface area contributed by atoms with E-state index in [4.69, 9.17) is 9.84 Å². The summed E-state index contributed by atoms with van der Waals surface area (Å²) in [4.78, 5) is 22.7. The second-order valence-corrected chi connectivity index (χ2v) is 6.40. The van der Waals surface area contributed by atoms with Crippen molar-refractivity contribution in [2.24, 2.45) is 0 Å². The molecule has 1 rings (SSSR count). The number of carbonyl (C=O) groups is 2. The summed E-state index contributed by atoms with van der Waals surface area (Å²) in [5, 5.41) is 14.2. The van der Waals surface area contributed by atoms with E-state index in [2.05, 4.69) is 16.9 Å². The van der Waals surface area contributed by atoms with Crippen LogP contribution in [0.3, 0.4) is 0 Å². The molecule has 116 valence electrons. The molecule has 20 heavy (non-hydrogen) atoms. The maximum absolute atomic E-state index is 11.8. The number of carboxylic acid groups (broad SMARTS) is 1. The number of amides is 2. The number of urea groups is 1. The number of nitrogens with one attached hydrogen (secondary N) is 2. The van der Waals surface area contributed by atoms with E-state index < -0.39 is 18.0 Å². The fraction of sp³-hybridized carbons (Fsp3) is 0.846. The van der Waals surface area contributed by atoms with Gasteiger partial charge in [-0.1, -0.05) is 19.3 Å². The molecule has 1 saturated carbocycles. The summed E-state index contributed by atoms with van der Waals surface area (Å²) >= 11 is 1.79. The van der Waals surface area contributed by atoms with Crippen LogP contribution in [0.2, 0.25) is 0 Å². The highest BCUT2D eigenvalue weighted by Crippen LogP contribution is 2.37. The van der Waals surface area contributed by atoms with Gasteiger partial charge in [0.05, 0.1) is 6.61 Å². The molecule has 2 amide bonds. The van der Waals surface area contributed by atoms with Crippen LogP contribution in [0, 0.1) is 0 Å². The summed E-state index contributed by atoms with van der Waals surface area (Å²) in [6.07, 6.45) is 7.88. The number of carbonyl (C=O) groups excluding carboxylic acids is 1. The molecule has 0 bridgehead atoms. The van der Waals surface area contributed by atoms with Gasteiger partial charge in [-0.15, -0.1) is 0 Å². The van der Waals surface area contributed by atoms with Crippen LogP contribution in [0.1, 0.15) is 32.1 Å². The first kappa shape index (κ1) is 17.1. The Kier molecular flexibility index (Phi) is 7.15. The molecule has 1 aliphatic carbocycles. The lowest BCUT2D eigenvalue weighted by atomic mass is 9.88. The van der Waals surface area contributed by atoms with Crippen LogP contribution in [0.25, 0.3) is 0 Å². The second kappa shape index (κ2) is 8.36. The van der Waals surface area contributed by atoms with Gasteiger partial charge in [-0.25, -0.2) is 9.59 Å². The Morgan fingerprint density at radius 1 is 1.35 bits per heavy atom. The van der Waals surface area contributed by atoms with Crippen LogP contribution in [-0.2, 0) is 9.53 Å². The Bertz CT molecular complexity index is 332. The molecule has 0 aromatic heterocycles. The molecule has 3 N–H and O–H groups in total. The summed E-state index contributed by atoms with van der Waals surface area (Å²) < 4.78 is 4.87. The molecule has 0 heterocycles. The monoisotopic (exact) mass is 304 g/mol. The Balaban J connectivity index is 2.43. The highest BCUT2D eigenvalue weighted by Gasteiger charge is 2.31.